The lowest BCUT2D eigenvalue weighted by atomic mass is 10.3. The molecular formula is C14H21N3O2. The van der Waals surface area contributed by atoms with Crippen LogP contribution in [0.4, 0.5) is 0 Å². The molecule has 0 spiro atoms. The van der Waals surface area contributed by atoms with Gasteiger partial charge in [-0.15, -0.1) is 0 Å². The summed E-state index contributed by atoms with van der Waals surface area (Å²) in [6.45, 7) is 4.01. The summed E-state index contributed by atoms with van der Waals surface area (Å²) in [5.41, 5.74) is 2.09. The predicted molar refractivity (Wildman–Crippen MR) is 74.9 cm³/mol. The van der Waals surface area contributed by atoms with E-state index in [1.54, 1.807) is 0 Å². The largest absolute Gasteiger partial charge is 0.395 e. The Balaban J connectivity index is 2.31. The van der Waals surface area contributed by atoms with Gasteiger partial charge in [0.1, 0.15) is 5.82 Å². The highest BCUT2D eigenvalue weighted by Gasteiger charge is 2.12. The van der Waals surface area contributed by atoms with Crippen LogP contribution in [0, 0.1) is 0 Å². The number of aromatic nitrogens is 2. The number of benzene rings is 1. The van der Waals surface area contributed by atoms with Crippen LogP contribution in [-0.2, 0) is 13.1 Å². The van der Waals surface area contributed by atoms with Crippen LogP contribution >= 0.6 is 0 Å². The molecule has 0 saturated heterocycles. The van der Waals surface area contributed by atoms with Crippen molar-refractivity contribution >= 4 is 11.0 Å². The van der Waals surface area contributed by atoms with Gasteiger partial charge in [0.25, 0.3) is 0 Å². The van der Waals surface area contributed by atoms with Crippen molar-refractivity contribution in [3.63, 3.8) is 0 Å². The fourth-order valence-electron chi connectivity index (χ4n) is 2.29. The van der Waals surface area contributed by atoms with E-state index in [1.807, 2.05) is 23.1 Å². The summed E-state index contributed by atoms with van der Waals surface area (Å²) in [5, 5.41) is 18.2. The minimum absolute atomic E-state index is 0.0914. The number of nitrogens with zero attached hydrogens (tertiary/aromatic N) is 3. The lowest BCUT2D eigenvalue weighted by Gasteiger charge is -2.22. The molecule has 104 valence electrons. The fraction of sp³-hybridized carbons (Fsp3) is 0.500. The van der Waals surface area contributed by atoms with Gasteiger partial charge in [-0.05, 0) is 12.1 Å². The summed E-state index contributed by atoms with van der Waals surface area (Å²) in [5.74, 6) is 1.03. The number of aliphatic hydroxyl groups excluding tert-OH is 2. The first-order chi connectivity index (χ1) is 9.30. The summed E-state index contributed by atoms with van der Waals surface area (Å²) < 4.78 is 2.15. The van der Waals surface area contributed by atoms with Gasteiger partial charge in [0.05, 0.1) is 30.9 Å². The molecule has 0 fully saturated rings. The zero-order valence-corrected chi connectivity index (χ0v) is 11.3. The van der Waals surface area contributed by atoms with E-state index < -0.39 is 0 Å². The molecule has 19 heavy (non-hydrogen) atoms. The third-order valence-corrected chi connectivity index (χ3v) is 3.22. The fourth-order valence-corrected chi connectivity index (χ4v) is 2.29. The summed E-state index contributed by atoms with van der Waals surface area (Å²) in [6, 6.07) is 8.05. The number of rotatable bonds is 7. The number of fused-ring (bicyclic) bond motifs is 1. The van der Waals surface area contributed by atoms with Crippen LogP contribution in [-0.4, -0.2) is 51.0 Å². The number of imidazole rings is 1. The molecule has 0 aliphatic carbocycles. The molecule has 2 aromatic rings. The molecule has 0 bridgehead atoms. The van der Waals surface area contributed by atoms with Gasteiger partial charge in [-0.25, -0.2) is 4.98 Å². The topological polar surface area (TPSA) is 61.5 Å². The maximum Gasteiger partial charge on any atom is 0.110 e. The van der Waals surface area contributed by atoms with Gasteiger partial charge in [0, 0.05) is 19.5 Å². The van der Waals surface area contributed by atoms with Gasteiger partial charge in [-0.2, -0.15) is 0 Å². The second-order valence-electron chi connectivity index (χ2n) is 4.50. The molecule has 5 heteroatoms. The third kappa shape index (κ3) is 3.12. The van der Waals surface area contributed by atoms with Gasteiger partial charge < -0.3 is 14.8 Å². The Kier molecular flexibility index (Phi) is 4.90. The average molecular weight is 263 g/mol. The van der Waals surface area contributed by atoms with Gasteiger partial charge in [-0.3, -0.25) is 4.90 Å². The Bertz CT molecular complexity index is 518. The normalized spacial score (nSPS) is 11.6. The SMILES string of the molecule is CCc1nc2ccccc2n1CN(CCO)CCO. The lowest BCUT2D eigenvalue weighted by Crippen LogP contribution is -2.32. The van der Waals surface area contributed by atoms with Crippen molar-refractivity contribution in [1.82, 2.24) is 14.5 Å². The minimum Gasteiger partial charge on any atom is -0.395 e. The van der Waals surface area contributed by atoms with E-state index in [-0.39, 0.29) is 13.2 Å². The number of aliphatic hydroxyl groups is 2. The molecule has 0 amide bonds. The molecule has 5 nitrogen and oxygen atoms in total. The van der Waals surface area contributed by atoms with E-state index in [0.717, 1.165) is 23.3 Å². The maximum atomic E-state index is 9.08. The number of hydrogen-bond acceptors (Lipinski definition) is 4. The number of aryl methyl sites for hydroxylation is 1. The molecule has 0 unspecified atom stereocenters. The lowest BCUT2D eigenvalue weighted by molar-refractivity contribution is 0.134. The van der Waals surface area contributed by atoms with Crippen molar-refractivity contribution in [2.75, 3.05) is 26.3 Å². The molecule has 2 N–H and O–H groups in total. The smallest absolute Gasteiger partial charge is 0.110 e. The molecule has 0 aliphatic heterocycles. The maximum absolute atomic E-state index is 9.08. The first-order valence-electron chi connectivity index (χ1n) is 6.68. The first-order valence-corrected chi connectivity index (χ1v) is 6.68. The second-order valence-corrected chi connectivity index (χ2v) is 4.50. The van der Waals surface area contributed by atoms with Crippen molar-refractivity contribution < 1.29 is 10.2 Å². The van der Waals surface area contributed by atoms with E-state index >= 15 is 0 Å². The van der Waals surface area contributed by atoms with Crippen molar-refractivity contribution in [3.05, 3.63) is 30.1 Å². The zero-order valence-electron chi connectivity index (χ0n) is 11.3. The van der Waals surface area contributed by atoms with E-state index in [1.165, 1.54) is 0 Å². The molecule has 2 rings (SSSR count). The van der Waals surface area contributed by atoms with Crippen LogP contribution in [0.1, 0.15) is 12.7 Å². The summed E-state index contributed by atoms with van der Waals surface area (Å²) in [4.78, 5) is 6.64. The molecule has 0 aliphatic rings. The van der Waals surface area contributed by atoms with Crippen LogP contribution < -0.4 is 0 Å². The second kappa shape index (κ2) is 6.65. The van der Waals surface area contributed by atoms with Gasteiger partial charge in [0.2, 0.25) is 0 Å². The molecule has 0 radical (unpaired) electrons. The Morgan fingerprint density at radius 2 is 1.84 bits per heavy atom. The van der Waals surface area contributed by atoms with Gasteiger partial charge in [0.15, 0.2) is 0 Å². The van der Waals surface area contributed by atoms with E-state index in [4.69, 9.17) is 10.2 Å². The highest BCUT2D eigenvalue weighted by atomic mass is 16.3. The van der Waals surface area contributed by atoms with Crippen LogP contribution in [0.15, 0.2) is 24.3 Å². The zero-order chi connectivity index (χ0) is 13.7. The Hall–Kier alpha value is -1.43. The Morgan fingerprint density at radius 1 is 1.16 bits per heavy atom. The monoisotopic (exact) mass is 263 g/mol. The molecule has 0 atom stereocenters. The Labute approximate surface area is 113 Å². The van der Waals surface area contributed by atoms with Gasteiger partial charge in [-0.1, -0.05) is 19.1 Å². The number of para-hydroxylation sites is 2. The molecule has 1 aromatic carbocycles. The summed E-state index contributed by atoms with van der Waals surface area (Å²) >= 11 is 0. The molecular weight excluding hydrogens is 242 g/mol. The molecule has 1 aromatic heterocycles. The van der Waals surface area contributed by atoms with Crippen molar-refractivity contribution in [2.45, 2.75) is 20.0 Å². The number of hydrogen-bond donors (Lipinski definition) is 2. The predicted octanol–water partition coefficient (Wildman–Crippen LogP) is 0.843. The third-order valence-electron chi connectivity index (χ3n) is 3.22. The quantitative estimate of drug-likeness (QED) is 0.777. The van der Waals surface area contributed by atoms with Gasteiger partial charge >= 0.3 is 0 Å². The van der Waals surface area contributed by atoms with E-state index in [0.29, 0.717) is 19.8 Å². The van der Waals surface area contributed by atoms with E-state index in [2.05, 4.69) is 22.5 Å². The van der Waals surface area contributed by atoms with Crippen LogP contribution in [0.5, 0.6) is 0 Å². The van der Waals surface area contributed by atoms with Crippen molar-refractivity contribution in [3.8, 4) is 0 Å². The highest BCUT2D eigenvalue weighted by molar-refractivity contribution is 5.75. The van der Waals surface area contributed by atoms with E-state index in [9.17, 15) is 0 Å². The standard InChI is InChI=1S/C14H21N3O2/c1-2-14-15-12-5-3-4-6-13(12)17(14)11-16(7-9-18)8-10-19/h3-6,18-19H,2,7-11H2,1H3. The summed E-state index contributed by atoms with van der Waals surface area (Å²) in [6.07, 6.45) is 0.862. The molecule has 0 saturated carbocycles. The first kappa shape index (κ1) is 14.0. The molecule has 1 heterocycles. The van der Waals surface area contributed by atoms with Crippen LogP contribution in [0.3, 0.4) is 0 Å². The van der Waals surface area contributed by atoms with Crippen LogP contribution in [0.2, 0.25) is 0 Å². The average Bonchev–Trinajstić information content (AvgIpc) is 2.78. The van der Waals surface area contributed by atoms with Crippen molar-refractivity contribution in [2.24, 2.45) is 0 Å². The van der Waals surface area contributed by atoms with Crippen molar-refractivity contribution in [1.29, 1.82) is 0 Å². The minimum atomic E-state index is 0.0914. The Morgan fingerprint density at radius 3 is 2.47 bits per heavy atom. The highest BCUT2D eigenvalue weighted by Crippen LogP contribution is 2.17. The van der Waals surface area contributed by atoms with Crippen LogP contribution in [0.25, 0.3) is 11.0 Å². The summed E-state index contributed by atoms with van der Waals surface area (Å²) in [7, 11) is 0.